The molecule has 0 radical (unpaired) electrons. The molecule has 214 valence electrons. The van der Waals surface area contributed by atoms with Gasteiger partial charge in [-0.1, -0.05) is 24.1 Å². The van der Waals surface area contributed by atoms with Crippen LogP contribution in [-0.4, -0.2) is 76.4 Å². The van der Waals surface area contributed by atoms with Crippen LogP contribution in [0.3, 0.4) is 0 Å². The molecule has 0 saturated carbocycles. The van der Waals surface area contributed by atoms with Crippen LogP contribution in [0.2, 0.25) is 0 Å². The first-order valence-corrected chi connectivity index (χ1v) is 14.1. The monoisotopic (exact) mass is 568 g/mol. The summed E-state index contributed by atoms with van der Waals surface area (Å²) in [4.78, 5) is 18.1. The number of aromatic hydroxyl groups is 1. The number of fused-ring (bicyclic) bond motifs is 4. The van der Waals surface area contributed by atoms with Crippen LogP contribution >= 0.6 is 0 Å². The SMILES string of the molecule is C#Cc1c(F)ccc2cc(O)cc(-c3ncc4c(N5CC6CCC(C5)N6)nc(OC[C@@H]5CC(=C)CN5C)nc4c3F)c12. The fraction of sp³-hybridized carbons (Fsp3) is 0.344. The lowest BCUT2D eigenvalue weighted by Crippen LogP contribution is -2.51. The van der Waals surface area contributed by atoms with E-state index < -0.39 is 11.6 Å². The van der Waals surface area contributed by atoms with Crippen molar-refractivity contribution in [1.29, 1.82) is 0 Å². The van der Waals surface area contributed by atoms with Gasteiger partial charge in [-0.15, -0.1) is 6.42 Å². The number of piperazine rings is 1. The average molecular weight is 569 g/mol. The van der Waals surface area contributed by atoms with Crippen molar-refractivity contribution in [3.05, 3.63) is 59.8 Å². The molecule has 7 rings (SSSR count). The number of benzene rings is 2. The Balaban J connectivity index is 1.38. The molecule has 42 heavy (non-hydrogen) atoms. The zero-order valence-electron chi connectivity index (χ0n) is 23.2. The second-order valence-electron chi connectivity index (χ2n) is 11.5. The normalized spacial score (nSPS) is 22.3. The third kappa shape index (κ3) is 4.49. The number of nitrogens with one attached hydrogen (secondary N) is 1. The first kappa shape index (κ1) is 26.6. The van der Waals surface area contributed by atoms with Crippen molar-refractivity contribution < 1.29 is 18.6 Å². The number of ether oxygens (including phenoxy) is 1. The van der Waals surface area contributed by atoms with Crippen molar-refractivity contribution in [3.63, 3.8) is 0 Å². The zero-order valence-corrected chi connectivity index (χ0v) is 23.2. The molecule has 5 heterocycles. The maximum absolute atomic E-state index is 16.6. The number of halogens is 2. The molecule has 3 aliphatic heterocycles. The predicted molar refractivity (Wildman–Crippen MR) is 158 cm³/mol. The van der Waals surface area contributed by atoms with E-state index in [0.29, 0.717) is 35.3 Å². The molecule has 2 unspecified atom stereocenters. The molecular weight excluding hydrogens is 538 g/mol. The summed E-state index contributed by atoms with van der Waals surface area (Å²) in [5, 5.41) is 15.3. The first-order chi connectivity index (χ1) is 20.3. The second kappa shape index (κ2) is 10.2. The van der Waals surface area contributed by atoms with Crippen molar-refractivity contribution in [1.82, 2.24) is 25.2 Å². The molecule has 2 aromatic heterocycles. The molecule has 4 aromatic rings. The van der Waals surface area contributed by atoms with Crippen molar-refractivity contribution in [3.8, 4) is 35.4 Å². The molecule has 10 heteroatoms. The van der Waals surface area contributed by atoms with Crippen LogP contribution in [0.15, 0.2) is 42.6 Å². The number of aromatic nitrogens is 3. The van der Waals surface area contributed by atoms with Gasteiger partial charge in [0.05, 0.1) is 10.9 Å². The quantitative estimate of drug-likeness (QED) is 0.271. The molecule has 3 atom stereocenters. The molecular formula is C32H30F2N6O2. The zero-order chi connectivity index (χ0) is 29.1. The molecule has 3 fully saturated rings. The largest absolute Gasteiger partial charge is 0.508 e. The Labute approximate surface area is 242 Å². The third-order valence-corrected chi connectivity index (χ3v) is 8.64. The summed E-state index contributed by atoms with van der Waals surface area (Å²) >= 11 is 0. The number of nitrogens with zero attached hydrogens (tertiary/aromatic N) is 5. The average Bonchev–Trinajstić information content (AvgIpc) is 3.49. The van der Waals surface area contributed by atoms with Gasteiger partial charge >= 0.3 is 6.01 Å². The van der Waals surface area contributed by atoms with Crippen LogP contribution in [0.25, 0.3) is 32.9 Å². The smallest absolute Gasteiger partial charge is 0.319 e. The molecule has 2 bridgehead atoms. The number of hydrogen-bond donors (Lipinski definition) is 2. The van der Waals surface area contributed by atoms with Gasteiger partial charge in [-0.25, -0.2) is 8.78 Å². The molecule has 8 nitrogen and oxygen atoms in total. The summed E-state index contributed by atoms with van der Waals surface area (Å²) in [5.74, 6) is 1.46. The lowest BCUT2D eigenvalue weighted by molar-refractivity contribution is 0.188. The van der Waals surface area contributed by atoms with Gasteiger partial charge in [0.25, 0.3) is 0 Å². The Morgan fingerprint density at radius 1 is 1.19 bits per heavy atom. The van der Waals surface area contributed by atoms with Gasteiger partial charge in [0.2, 0.25) is 0 Å². The molecule has 0 amide bonds. The van der Waals surface area contributed by atoms with E-state index >= 15 is 4.39 Å². The summed E-state index contributed by atoms with van der Waals surface area (Å²) < 4.78 is 37.5. The van der Waals surface area contributed by atoms with Crippen LogP contribution < -0.4 is 15.0 Å². The Hall–Kier alpha value is -4.33. The van der Waals surface area contributed by atoms with Crippen molar-refractivity contribution in [2.24, 2.45) is 0 Å². The van der Waals surface area contributed by atoms with Gasteiger partial charge in [0.15, 0.2) is 5.82 Å². The van der Waals surface area contributed by atoms with E-state index in [9.17, 15) is 9.50 Å². The molecule has 3 saturated heterocycles. The standard InChI is InChI=1S/C32H30F2N6O2/c1-4-23-26(33)8-5-18-10-22(41)11-24(27(18)23)29-28(34)30-25(12-35-29)31(40-14-19-6-7-20(15-40)36-19)38-32(37-30)42-16-21-9-17(2)13-39(21)3/h1,5,8,10-12,19-21,36,41H,2,6-7,9,13-16H2,3H3/t19?,20?,21-/m0/s1. The summed E-state index contributed by atoms with van der Waals surface area (Å²) in [6.07, 6.45) is 10.1. The van der Waals surface area contributed by atoms with Crippen molar-refractivity contribution in [2.45, 2.75) is 37.4 Å². The van der Waals surface area contributed by atoms with Gasteiger partial charge in [0, 0.05) is 54.9 Å². The maximum Gasteiger partial charge on any atom is 0.319 e. The van der Waals surface area contributed by atoms with E-state index in [0.717, 1.165) is 44.5 Å². The lowest BCUT2D eigenvalue weighted by Gasteiger charge is -2.34. The molecule has 2 N–H and O–H groups in total. The minimum atomic E-state index is -0.732. The Kier molecular flexibility index (Phi) is 6.44. The van der Waals surface area contributed by atoms with E-state index in [1.165, 1.54) is 30.5 Å². The number of terminal acetylenes is 1. The number of pyridine rings is 1. The highest BCUT2D eigenvalue weighted by atomic mass is 19.1. The Morgan fingerprint density at radius 3 is 2.69 bits per heavy atom. The molecule has 0 spiro atoms. The van der Waals surface area contributed by atoms with Crippen molar-refractivity contribution in [2.75, 3.05) is 38.2 Å². The minimum absolute atomic E-state index is 0.0326. The van der Waals surface area contributed by atoms with E-state index in [4.69, 9.17) is 16.1 Å². The van der Waals surface area contributed by atoms with Gasteiger partial charge < -0.3 is 20.1 Å². The summed E-state index contributed by atoms with van der Waals surface area (Å²) in [7, 11) is 2.01. The number of anilines is 1. The minimum Gasteiger partial charge on any atom is -0.508 e. The topological polar surface area (TPSA) is 86.6 Å². The van der Waals surface area contributed by atoms with Crippen LogP contribution in [0.1, 0.15) is 24.8 Å². The fourth-order valence-electron chi connectivity index (χ4n) is 6.63. The summed E-state index contributed by atoms with van der Waals surface area (Å²) in [5.41, 5.74) is 1.20. The number of likely N-dealkylation sites (tertiary alicyclic amines) is 1. The molecule has 3 aliphatic rings. The summed E-state index contributed by atoms with van der Waals surface area (Å²) in [6, 6.07) is 6.35. The van der Waals surface area contributed by atoms with Crippen LogP contribution in [-0.2, 0) is 0 Å². The Morgan fingerprint density at radius 2 is 1.98 bits per heavy atom. The van der Waals surface area contributed by atoms with Gasteiger partial charge in [-0.05, 0) is 49.9 Å². The maximum atomic E-state index is 16.6. The predicted octanol–water partition coefficient (Wildman–Crippen LogP) is 4.39. The van der Waals surface area contributed by atoms with Gasteiger partial charge in [-0.3, -0.25) is 9.88 Å². The first-order valence-electron chi connectivity index (χ1n) is 14.1. The molecule has 2 aromatic carbocycles. The van der Waals surface area contributed by atoms with E-state index in [2.05, 4.69) is 37.6 Å². The number of rotatable bonds is 5. The van der Waals surface area contributed by atoms with E-state index in [1.54, 1.807) is 0 Å². The summed E-state index contributed by atoms with van der Waals surface area (Å²) in [6.45, 7) is 6.66. The second-order valence-corrected chi connectivity index (χ2v) is 11.5. The van der Waals surface area contributed by atoms with E-state index in [-0.39, 0.29) is 45.5 Å². The highest BCUT2D eigenvalue weighted by molar-refractivity contribution is 6.03. The van der Waals surface area contributed by atoms with Crippen LogP contribution in [0, 0.1) is 24.0 Å². The number of likely N-dealkylation sites (N-methyl/N-ethyl adjacent to an activating group) is 1. The highest BCUT2D eigenvalue weighted by Gasteiger charge is 2.34. The van der Waals surface area contributed by atoms with Gasteiger partial charge in [0.1, 0.15) is 35.2 Å². The highest BCUT2D eigenvalue weighted by Crippen LogP contribution is 2.39. The van der Waals surface area contributed by atoms with Crippen LogP contribution in [0.4, 0.5) is 14.6 Å². The number of hydrogen-bond acceptors (Lipinski definition) is 8. The Bertz CT molecular complexity index is 1790. The number of phenolic OH excluding ortho intramolecular Hbond substituents is 1. The van der Waals surface area contributed by atoms with Crippen molar-refractivity contribution >= 4 is 27.5 Å². The third-order valence-electron chi connectivity index (χ3n) is 8.64. The van der Waals surface area contributed by atoms with Gasteiger partial charge in [-0.2, -0.15) is 9.97 Å². The van der Waals surface area contributed by atoms with Crippen LogP contribution in [0.5, 0.6) is 11.8 Å². The molecule has 0 aliphatic carbocycles. The number of phenols is 1. The fourth-order valence-corrected chi connectivity index (χ4v) is 6.63. The lowest BCUT2D eigenvalue weighted by atomic mass is 9.96. The van der Waals surface area contributed by atoms with E-state index in [1.807, 2.05) is 7.05 Å².